The zero-order valence-corrected chi connectivity index (χ0v) is 13.1. The number of halogens is 1. The van der Waals surface area contributed by atoms with Crippen LogP contribution in [0.5, 0.6) is 0 Å². The first-order valence-electron chi connectivity index (χ1n) is 6.61. The molecule has 1 aromatic heterocycles. The molecule has 5 heteroatoms. The highest BCUT2D eigenvalue weighted by Gasteiger charge is 2.29. The van der Waals surface area contributed by atoms with Crippen LogP contribution in [0.15, 0.2) is 6.07 Å². The van der Waals surface area contributed by atoms with Crippen LogP contribution in [0.1, 0.15) is 40.4 Å². The summed E-state index contributed by atoms with van der Waals surface area (Å²) in [6, 6.07) is 1.83. The fraction of sp³-hybridized carbons (Fsp3) is 0.714. The minimum Gasteiger partial charge on any atom is -0.372 e. The average molecular weight is 284 g/mol. The second-order valence-corrected chi connectivity index (χ2v) is 7.04. The maximum Gasteiger partial charge on any atom is 0.137 e. The molecule has 1 aromatic rings. The predicted molar refractivity (Wildman–Crippen MR) is 78.0 cm³/mol. The summed E-state index contributed by atoms with van der Waals surface area (Å²) in [7, 11) is 0. The molecule has 0 amide bonds. The molecule has 2 rings (SSSR count). The summed E-state index contributed by atoms with van der Waals surface area (Å²) in [5.41, 5.74) is -0.265. The number of hydrogen-bond acceptors (Lipinski definition) is 4. The van der Waals surface area contributed by atoms with Gasteiger partial charge in [0.1, 0.15) is 16.8 Å². The van der Waals surface area contributed by atoms with E-state index in [0.717, 1.165) is 24.7 Å². The predicted octanol–water partition coefficient (Wildman–Crippen LogP) is 3.04. The van der Waals surface area contributed by atoms with Crippen LogP contribution in [0.25, 0.3) is 0 Å². The fourth-order valence-electron chi connectivity index (χ4n) is 2.12. The van der Waals surface area contributed by atoms with Gasteiger partial charge in [-0.05, 0) is 13.8 Å². The largest absolute Gasteiger partial charge is 0.372 e. The van der Waals surface area contributed by atoms with Gasteiger partial charge in [-0.3, -0.25) is 0 Å². The topological polar surface area (TPSA) is 38.2 Å². The van der Waals surface area contributed by atoms with E-state index in [2.05, 4.69) is 49.5 Å². The number of aromatic nitrogens is 2. The first-order valence-corrected chi connectivity index (χ1v) is 6.99. The summed E-state index contributed by atoms with van der Waals surface area (Å²) >= 11 is 6.14. The molecule has 0 spiro atoms. The minimum atomic E-state index is -0.155. The van der Waals surface area contributed by atoms with Crippen molar-refractivity contribution in [1.29, 1.82) is 0 Å². The summed E-state index contributed by atoms with van der Waals surface area (Å²) in [5, 5.41) is 0.499. The summed E-state index contributed by atoms with van der Waals surface area (Å²) < 4.78 is 5.73. The number of nitrogens with zero attached hydrogens (tertiary/aromatic N) is 3. The first-order chi connectivity index (χ1) is 8.67. The van der Waals surface area contributed by atoms with Crippen LogP contribution in [0.3, 0.4) is 0 Å². The molecular weight excluding hydrogens is 262 g/mol. The van der Waals surface area contributed by atoms with Gasteiger partial charge in [0.15, 0.2) is 0 Å². The molecule has 1 aliphatic heterocycles. The lowest BCUT2D eigenvalue weighted by Crippen LogP contribution is -2.48. The average Bonchev–Trinajstić information content (AvgIpc) is 2.25. The molecule has 2 heterocycles. The lowest BCUT2D eigenvalue weighted by Gasteiger charge is -2.39. The van der Waals surface area contributed by atoms with Crippen molar-refractivity contribution in [3.05, 3.63) is 17.0 Å². The molecule has 4 nitrogen and oxygen atoms in total. The van der Waals surface area contributed by atoms with Gasteiger partial charge >= 0.3 is 0 Å². The van der Waals surface area contributed by atoms with Crippen LogP contribution in [0.4, 0.5) is 5.82 Å². The highest BCUT2D eigenvalue weighted by atomic mass is 35.5. The van der Waals surface area contributed by atoms with Gasteiger partial charge in [-0.1, -0.05) is 32.4 Å². The summed E-state index contributed by atoms with van der Waals surface area (Å²) in [5.74, 6) is 1.67. The van der Waals surface area contributed by atoms with Crippen LogP contribution in [-0.2, 0) is 10.2 Å². The van der Waals surface area contributed by atoms with Gasteiger partial charge in [0, 0.05) is 24.6 Å². The normalized spacial score (nSPS) is 19.6. The fourth-order valence-corrected chi connectivity index (χ4v) is 2.29. The van der Waals surface area contributed by atoms with E-state index in [-0.39, 0.29) is 11.0 Å². The minimum absolute atomic E-state index is 0.110. The Kier molecular flexibility index (Phi) is 3.76. The molecule has 0 unspecified atom stereocenters. The van der Waals surface area contributed by atoms with Crippen LogP contribution >= 0.6 is 11.6 Å². The number of rotatable bonds is 1. The maximum atomic E-state index is 6.14. The molecular formula is C14H22ClN3O. The van der Waals surface area contributed by atoms with Gasteiger partial charge in [-0.25, -0.2) is 9.97 Å². The van der Waals surface area contributed by atoms with E-state index in [1.165, 1.54) is 0 Å². The van der Waals surface area contributed by atoms with Crippen molar-refractivity contribution in [3.63, 3.8) is 0 Å². The van der Waals surface area contributed by atoms with E-state index in [1.807, 2.05) is 6.07 Å². The van der Waals surface area contributed by atoms with Crippen molar-refractivity contribution in [2.45, 2.75) is 45.6 Å². The lowest BCUT2D eigenvalue weighted by molar-refractivity contribution is -0.0279. The first kappa shape index (κ1) is 14.5. The number of ether oxygens (including phenoxy) is 1. The Labute approximate surface area is 120 Å². The van der Waals surface area contributed by atoms with Gasteiger partial charge in [0.05, 0.1) is 12.2 Å². The molecule has 0 aromatic carbocycles. The molecule has 1 aliphatic rings. The van der Waals surface area contributed by atoms with E-state index >= 15 is 0 Å². The van der Waals surface area contributed by atoms with E-state index in [1.54, 1.807) is 0 Å². The highest BCUT2D eigenvalue weighted by molar-refractivity contribution is 6.29. The Hall–Kier alpha value is -0.870. The SMILES string of the molecule is CC1(C)CN(c2cc(Cl)nc(C(C)(C)C)n2)CCO1. The van der Waals surface area contributed by atoms with Crippen molar-refractivity contribution < 1.29 is 4.74 Å². The molecule has 0 N–H and O–H groups in total. The molecule has 1 fully saturated rings. The van der Waals surface area contributed by atoms with E-state index in [9.17, 15) is 0 Å². The summed E-state index contributed by atoms with van der Waals surface area (Å²) in [4.78, 5) is 11.2. The molecule has 0 atom stereocenters. The smallest absolute Gasteiger partial charge is 0.137 e. The zero-order chi connectivity index (χ0) is 14.3. The second kappa shape index (κ2) is 4.91. The third-order valence-corrected chi connectivity index (χ3v) is 3.30. The molecule has 0 radical (unpaired) electrons. The van der Waals surface area contributed by atoms with Gasteiger partial charge in [0.25, 0.3) is 0 Å². The van der Waals surface area contributed by atoms with Crippen LogP contribution in [0, 0.1) is 0 Å². The zero-order valence-electron chi connectivity index (χ0n) is 12.3. The molecule has 0 saturated carbocycles. The van der Waals surface area contributed by atoms with Crippen molar-refractivity contribution in [1.82, 2.24) is 9.97 Å². The van der Waals surface area contributed by atoms with Crippen LogP contribution in [0.2, 0.25) is 5.15 Å². The number of anilines is 1. The van der Waals surface area contributed by atoms with E-state index in [0.29, 0.717) is 11.8 Å². The van der Waals surface area contributed by atoms with Crippen molar-refractivity contribution >= 4 is 17.4 Å². The van der Waals surface area contributed by atoms with Crippen molar-refractivity contribution in [2.24, 2.45) is 0 Å². The molecule has 0 bridgehead atoms. The van der Waals surface area contributed by atoms with Crippen LogP contribution < -0.4 is 4.90 Å². The van der Waals surface area contributed by atoms with Gasteiger partial charge in [-0.2, -0.15) is 0 Å². The van der Waals surface area contributed by atoms with Crippen LogP contribution in [-0.4, -0.2) is 35.3 Å². The number of hydrogen-bond donors (Lipinski definition) is 0. The maximum absolute atomic E-state index is 6.14. The quantitative estimate of drug-likeness (QED) is 0.743. The lowest BCUT2D eigenvalue weighted by atomic mass is 9.96. The van der Waals surface area contributed by atoms with Crippen molar-refractivity contribution in [2.75, 3.05) is 24.6 Å². The molecule has 106 valence electrons. The molecule has 0 aliphatic carbocycles. The highest BCUT2D eigenvalue weighted by Crippen LogP contribution is 2.26. The molecule has 1 saturated heterocycles. The summed E-state index contributed by atoms with van der Waals surface area (Å²) in [6.07, 6.45) is 0. The third-order valence-electron chi connectivity index (χ3n) is 3.10. The Morgan fingerprint density at radius 3 is 2.58 bits per heavy atom. The Bertz CT molecular complexity index is 468. The van der Waals surface area contributed by atoms with Gasteiger partial charge in [-0.15, -0.1) is 0 Å². The van der Waals surface area contributed by atoms with Gasteiger partial charge in [0.2, 0.25) is 0 Å². The van der Waals surface area contributed by atoms with E-state index < -0.39 is 0 Å². The summed E-state index contributed by atoms with van der Waals surface area (Å²) in [6.45, 7) is 12.8. The van der Waals surface area contributed by atoms with Gasteiger partial charge < -0.3 is 9.64 Å². The Balaban J connectivity index is 2.32. The standard InChI is InChI=1S/C14H22ClN3O/c1-13(2,3)12-16-10(15)8-11(17-12)18-6-7-19-14(4,5)9-18/h8H,6-7,9H2,1-5H3. The number of morpholine rings is 1. The monoisotopic (exact) mass is 283 g/mol. The third kappa shape index (κ3) is 3.57. The second-order valence-electron chi connectivity index (χ2n) is 6.65. The Morgan fingerprint density at radius 2 is 2.00 bits per heavy atom. The van der Waals surface area contributed by atoms with E-state index in [4.69, 9.17) is 16.3 Å². The Morgan fingerprint density at radius 1 is 1.32 bits per heavy atom. The molecule has 19 heavy (non-hydrogen) atoms. The van der Waals surface area contributed by atoms with Crippen molar-refractivity contribution in [3.8, 4) is 0 Å².